The summed E-state index contributed by atoms with van der Waals surface area (Å²) in [5, 5.41) is 12.0. The van der Waals surface area contributed by atoms with Crippen molar-refractivity contribution in [3.63, 3.8) is 0 Å². The van der Waals surface area contributed by atoms with Crippen LogP contribution >= 0.6 is 0 Å². The van der Waals surface area contributed by atoms with Crippen LogP contribution in [0.2, 0.25) is 0 Å². The maximum absolute atomic E-state index is 10.6. The van der Waals surface area contributed by atoms with Crippen molar-refractivity contribution in [2.45, 2.75) is 25.3 Å². The lowest BCUT2D eigenvalue weighted by Crippen LogP contribution is -2.41. The van der Waals surface area contributed by atoms with Crippen molar-refractivity contribution in [1.82, 2.24) is 10.2 Å². The van der Waals surface area contributed by atoms with Crippen molar-refractivity contribution in [2.24, 2.45) is 0 Å². The van der Waals surface area contributed by atoms with Gasteiger partial charge in [0.05, 0.1) is 0 Å². The molecule has 0 bridgehead atoms. The molecule has 0 spiro atoms. The van der Waals surface area contributed by atoms with Gasteiger partial charge in [-0.15, -0.1) is 0 Å². The van der Waals surface area contributed by atoms with E-state index in [0.717, 1.165) is 32.4 Å². The van der Waals surface area contributed by atoms with Gasteiger partial charge in [-0.3, -0.25) is 0 Å². The molecule has 0 unspecified atom stereocenters. The molecule has 2 N–H and O–H groups in total. The first-order valence-electron chi connectivity index (χ1n) is 4.38. The van der Waals surface area contributed by atoms with Crippen molar-refractivity contribution < 1.29 is 9.90 Å². The Bertz CT molecular complexity index is 153. The minimum Gasteiger partial charge on any atom is -0.465 e. The van der Waals surface area contributed by atoms with E-state index in [1.807, 2.05) is 0 Å². The summed E-state index contributed by atoms with van der Waals surface area (Å²) in [6, 6.07) is 0.157. The number of hydrogen-bond donors (Lipinski definition) is 2. The van der Waals surface area contributed by atoms with E-state index in [0.29, 0.717) is 0 Å². The molecule has 12 heavy (non-hydrogen) atoms. The number of nitrogens with one attached hydrogen (secondary N) is 1. The lowest BCUT2D eigenvalue weighted by molar-refractivity contribution is 0.136. The maximum atomic E-state index is 10.6. The molecule has 1 aliphatic rings. The predicted molar refractivity (Wildman–Crippen MR) is 46.3 cm³/mol. The van der Waals surface area contributed by atoms with Gasteiger partial charge in [0.25, 0.3) is 0 Å². The molecular formula is C8H16N2O2. The molecule has 1 rings (SSSR count). The van der Waals surface area contributed by atoms with E-state index in [1.54, 1.807) is 7.05 Å². The van der Waals surface area contributed by atoms with E-state index >= 15 is 0 Å². The smallest absolute Gasteiger partial charge is 0.407 e. The Morgan fingerprint density at radius 3 is 3.00 bits per heavy atom. The lowest BCUT2D eigenvalue weighted by atomic mass is 10.1. The van der Waals surface area contributed by atoms with Crippen LogP contribution in [0.15, 0.2) is 0 Å². The number of likely N-dealkylation sites (N-methyl/N-ethyl adjacent to an activating group) is 1. The Balaban J connectivity index is 2.42. The first kappa shape index (κ1) is 9.32. The summed E-state index contributed by atoms with van der Waals surface area (Å²) in [4.78, 5) is 12.0. The number of nitrogens with zero attached hydrogens (tertiary/aromatic N) is 1. The van der Waals surface area contributed by atoms with Crippen LogP contribution in [0.4, 0.5) is 4.79 Å². The first-order valence-corrected chi connectivity index (χ1v) is 4.38. The maximum Gasteiger partial charge on any atom is 0.407 e. The molecule has 0 radical (unpaired) electrons. The molecule has 0 saturated carbocycles. The Labute approximate surface area is 72.6 Å². The van der Waals surface area contributed by atoms with Crippen LogP contribution in [0.3, 0.4) is 0 Å². The molecule has 4 nitrogen and oxygen atoms in total. The zero-order chi connectivity index (χ0) is 8.97. The topological polar surface area (TPSA) is 52.6 Å². The van der Waals surface area contributed by atoms with E-state index in [4.69, 9.17) is 5.11 Å². The average molecular weight is 172 g/mol. The summed E-state index contributed by atoms with van der Waals surface area (Å²) in [6.07, 6.45) is 2.43. The summed E-state index contributed by atoms with van der Waals surface area (Å²) in [7, 11) is 1.64. The summed E-state index contributed by atoms with van der Waals surface area (Å²) in [5.74, 6) is 0. The standard InChI is InChI=1S/C8H16N2O2/c1-10(8(11)12)7-4-2-3-5-9-6-7/h7,9H,2-6H2,1H3,(H,11,12)/t7-/m1/s1. The van der Waals surface area contributed by atoms with Crippen molar-refractivity contribution in [1.29, 1.82) is 0 Å². The van der Waals surface area contributed by atoms with Gasteiger partial charge in [-0.25, -0.2) is 4.79 Å². The number of carbonyl (C=O) groups is 1. The zero-order valence-corrected chi connectivity index (χ0v) is 7.42. The fourth-order valence-corrected chi connectivity index (χ4v) is 1.49. The molecule has 0 aliphatic carbocycles. The molecule has 70 valence electrons. The number of rotatable bonds is 1. The zero-order valence-electron chi connectivity index (χ0n) is 7.42. The quantitative estimate of drug-likeness (QED) is 0.613. The third-order valence-electron chi connectivity index (χ3n) is 2.37. The van der Waals surface area contributed by atoms with E-state index in [9.17, 15) is 4.79 Å². The SMILES string of the molecule is CN(C(=O)O)[C@@H]1CCCCNC1. The highest BCUT2D eigenvalue weighted by atomic mass is 16.4. The highest BCUT2D eigenvalue weighted by Gasteiger charge is 2.19. The van der Waals surface area contributed by atoms with Crippen LogP contribution in [0, 0.1) is 0 Å². The molecule has 0 aromatic carbocycles. The normalized spacial score (nSPS) is 24.6. The Morgan fingerprint density at radius 1 is 1.58 bits per heavy atom. The molecule has 1 atom stereocenters. The largest absolute Gasteiger partial charge is 0.465 e. The van der Waals surface area contributed by atoms with Gasteiger partial charge < -0.3 is 15.3 Å². The van der Waals surface area contributed by atoms with Gasteiger partial charge in [0.2, 0.25) is 0 Å². The second kappa shape index (κ2) is 4.30. The second-order valence-electron chi connectivity index (χ2n) is 3.25. The van der Waals surface area contributed by atoms with Gasteiger partial charge in [-0.05, 0) is 19.4 Å². The summed E-state index contributed by atoms with van der Waals surface area (Å²) >= 11 is 0. The summed E-state index contributed by atoms with van der Waals surface area (Å²) in [6.45, 7) is 1.81. The highest BCUT2D eigenvalue weighted by Crippen LogP contribution is 2.09. The highest BCUT2D eigenvalue weighted by molar-refractivity contribution is 5.64. The molecule has 0 aromatic rings. The molecule has 1 fully saturated rings. The molecule has 1 heterocycles. The van der Waals surface area contributed by atoms with Crippen molar-refractivity contribution in [3.05, 3.63) is 0 Å². The predicted octanol–water partition coefficient (Wildman–Crippen LogP) is 0.738. The number of amides is 1. The van der Waals surface area contributed by atoms with E-state index < -0.39 is 6.09 Å². The van der Waals surface area contributed by atoms with Gasteiger partial charge in [0, 0.05) is 19.6 Å². The molecule has 0 aromatic heterocycles. The molecule has 1 aliphatic heterocycles. The van der Waals surface area contributed by atoms with Crippen LogP contribution in [-0.2, 0) is 0 Å². The third-order valence-corrected chi connectivity index (χ3v) is 2.37. The lowest BCUT2D eigenvalue weighted by Gasteiger charge is -2.23. The van der Waals surface area contributed by atoms with Gasteiger partial charge in [-0.1, -0.05) is 6.42 Å². The third kappa shape index (κ3) is 2.37. The van der Waals surface area contributed by atoms with E-state index in [-0.39, 0.29) is 6.04 Å². The minimum atomic E-state index is -0.830. The fourth-order valence-electron chi connectivity index (χ4n) is 1.49. The Kier molecular flexibility index (Phi) is 3.34. The van der Waals surface area contributed by atoms with Gasteiger partial charge in [0.1, 0.15) is 0 Å². The Hall–Kier alpha value is -0.770. The molecule has 1 saturated heterocycles. The Morgan fingerprint density at radius 2 is 2.33 bits per heavy atom. The monoisotopic (exact) mass is 172 g/mol. The van der Waals surface area contributed by atoms with Gasteiger partial charge >= 0.3 is 6.09 Å². The van der Waals surface area contributed by atoms with Crippen LogP contribution in [0.5, 0.6) is 0 Å². The van der Waals surface area contributed by atoms with Crippen LogP contribution in [0.25, 0.3) is 0 Å². The number of hydrogen-bond acceptors (Lipinski definition) is 2. The average Bonchev–Trinajstić information content (AvgIpc) is 2.30. The van der Waals surface area contributed by atoms with E-state index in [1.165, 1.54) is 4.90 Å². The van der Waals surface area contributed by atoms with Crippen molar-refractivity contribution >= 4 is 6.09 Å². The number of carboxylic acid groups (broad SMARTS) is 1. The van der Waals surface area contributed by atoms with Gasteiger partial charge in [0.15, 0.2) is 0 Å². The molecular weight excluding hydrogens is 156 g/mol. The van der Waals surface area contributed by atoms with Crippen LogP contribution in [-0.4, -0.2) is 42.3 Å². The van der Waals surface area contributed by atoms with Crippen LogP contribution < -0.4 is 5.32 Å². The van der Waals surface area contributed by atoms with Crippen molar-refractivity contribution in [2.75, 3.05) is 20.1 Å². The summed E-state index contributed by atoms with van der Waals surface area (Å²) < 4.78 is 0. The minimum absolute atomic E-state index is 0.157. The van der Waals surface area contributed by atoms with Crippen molar-refractivity contribution in [3.8, 4) is 0 Å². The summed E-state index contributed by atoms with van der Waals surface area (Å²) in [5.41, 5.74) is 0. The second-order valence-corrected chi connectivity index (χ2v) is 3.25. The van der Waals surface area contributed by atoms with Crippen LogP contribution in [0.1, 0.15) is 19.3 Å². The first-order chi connectivity index (χ1) is 5.72. The molecule has 1 amide bonds. The fraction of sp³-hybridized carbons (Fsp3) is 0.875. The van der Waals surface area contributed by atoms with Gasteiger partial charge in [-0.2, -0.15) is 0 Å². The van der Waals surface area contributed by atoms with E-state index in [2.05, 4.69) is 5.32 Å². The molecule has 4 heteroatoms.